The number of rotatable bonds is 18. The van der Waals surface area contributed by atoms with Crippen LogP contribution in [0.5, 0.6) is 5.75 Å². The van der Waals surface area contributed by atoms with Crippen molar-refractivity contribution in [3.63, 3.8) is 0 Å². The number of unbranched alkanes of at least 4 members (excludes halogenated alkanes) is 11. The molecule has 0 saturated carbocycles. The fraction of sp³-hybridized carbons (Fsp3) is 0.500. The van der Waals surface area contributed by atoms with E-state index in [0.29, 0.717) is 6.42 Å². The smallest absolute Gasteiger partial charge is 0.270 e. The first kappa shape index (κ1) is 28.9. The maximum Gasteiger partial charge on any atom is 0.270 e. The molecule has 1 amide bonds. The Morgan fingerprint density at radius 2 is 1.46 bits per heavy atom. The van der Waals surface area contributed by atoms with Gasteiger partial charge in [-0.3, -0.25) is 4.79 Å². The summed E-state index contributed by atoms with van der Waals surface area (Å²) in [6.45, 7) is 3.03. The predicted octanol–water partition coefficient (Wildman–Crippen LogP) is 8.50. The van der Waals surface area contributed by atoms with Gasteiger partial charge in [0.15, 0.2) is 6.20 Å². The van der Waals surface area contributed by atoms with Crippen LogP contribution in [0.4, 0.5) is 5.69 Å². The second kappa shape index (κ2) is 17.0. The quantitative estimate of drug-likeness (QED) is 0.135. The van der Waals surface area contributed by atoms with Crippen molar-refractivity contribution in [3.05, 3.63) is 65.7 Å². The number of hydrogen-bond donors (Lipinski definition) is 1. The first-order valence-electron chi connectivity index (χ1n) is 14.2. The molecule has 37 heavy (non-hydrogen) atoms. The molecule has 0 atom stereocenters. The van der Waals surface area contributed by atoms with Gasteiger partial charge in [-0.05, 0) is 36.2 Å². The van der Waals surface area contributed by atoms with Crippen LogP contribution >= 0.6 is 11.3 Å². The van der Waals surface area contributed by atoms with E-state index in [1.54, 1.807) is 11.3 Å². The molecule has 0 saturated heterocycles. The number of para-hydroxylation sites is 1. The average Bonchev–Trinajstić information content (AvgIpc) is 3.33. The highest BCUT2D eigenvalue weighted by molar-refractivity contribution is 7.12. The Bertz CT molecular complexity index is 1040. The average molecular weight is 522 g/mol. The molecule has 1 heterocycles. The van der Waals surface area contributed by atoms with Gasteiger partial charge in [0.2, 0.25) is 5.91 Å². The third-order valence-electron chi connectivity index (χ3n) is 6.77. The van der Waals surface area contributed by atoms with Gasteiger partial charge < -0.3 is 10.1 Å². The van der Waals surface area contributed by atoms with Crippen molar-refractivity contribution in [2.45, 2.75) is 90.4 Å². The number of aromatic nitrogens is 1. The van der Waals surface area contributed by atoms with Crippen molar-refractivity contribution < 1.29 is 14.1 Å². The van der Waals surface area contributed by atoms with E-state index in [2.05, 4.69) is 22.2 Å². The van der Waals surface area contributed by atoms with Crippen LogP contribution in [0.25, 0.3) is 10.6 Å². The summed E-state index contributed by atoms with van der Waals surface area (Å²) in [5.74, 6) is 0.861. The molecule has 0 aliphatic heterocycles. The van der Waals surface area contributed by atoms with Crippen LogP contribution < -0.4 is 14.6 Å². The molecule has 5 heteroatoms. The molecule has 0 aliphatic carbocycles. The minimum atomic E-state index is -0.0168. The Labute approximate surface area is 228 Å². The molecular formula is C32H45N2O2S+. The normalized spacial score (nSPS) is 11.0. The van der Waals surface area contributed by atoms with Crippen LogP contribution in [0.15, 0.2) is 60.1 Å². The third-order valence-corrected chi connectivity index (χ3v) is 7.76. The zero-order valence-electron chi connectivity index (χ0n) is 22.8. The highest BCUT2D eigenvalue weighted by atomic mass is 32.1. The van der Waals surface area contributed by atoms with Crippen molar-refractivity contribution in [3.8, 4) is 16.3 Å². The Kier molecular flexibility index (Phi) is 13.3. The number of carbonyl (C=O) groups excluding carboxylic acids is 1. The number of anilines is 1. The molecule has 1 aromatic heterocycles. The lowest BCUT2D eigenvalue weighted by molar-refractivity contribution is -0.655. The summed E-state index contributed by atoms with van der Waals surface area (Å²) >= 11 is 1.66. The first-order valence-corrected chi connectivity index (χ1v) is 15.1. The predicted molar refractivity (Wildman–Crippen MR) is 156 cm³/mol. The molecule has 0 unspecified atom stereocenters. The zero-order valence-corrected chi connectivity index (χ0v) is 23.7. The lowest BCUT2D eigenvalue weighted by Crippen LogP contribution is -2.27. The van der Waals surface area contributed by atoms with Crippen LogP contribution in [0.3, 0.4) is 0 Å². The molecule has 0 fully saturated rings. The molecule has 0 radical (unpaired) electrons. The van der Waals surface area contributed by atoms with E-state index in [0.717, 1.165) is 40.6 Å². The molecule has 200 valence electrons. The van der Waals surface area contributed by atoms with Crippen LogP contribution in [-0.2, 0) is 18.3 Å². The summed E-state index contributed by atoms with van der Waals surface area (Å²) < 4.78 is 8.00. The first-order chi connectivity index (χ1) is 18.2. The SMILES string of the molecule is CCCCCCCCCCCCCCOc1ccc(CC(=O)Nc2ccccc2-c2scc[n+]2C)cc1. The number of thiazole rings is 1. The molecule has 1 N–H and O–H groups in total. The van der Waals surface area contributed by atoms with E-state index in [4.69, 9.17) is 4.74 Å². The number of nitrogens with zero attached hydrogens (tertiary/aromatic N) is 1. The molecule has 3 rings (SSSR count). The monoisotopic (exact) mass is 521 g/mol. The fourth-order valence-electron chi connectivity index (χ4n) is 4.59. The number of ether oxygens (including phenoxy) is 1. The van der Waals surface area contributed by atoms with Crippen molar-refractivity contribution in [2.24, 2.45) is 7.05 Å². The van der Waals surface area contributed by atoms with Gasteiger partial charge in [0.25, 0.3) is 5.01 Å². The van der Waals surface area contributed by atoms with E-state index in [1.807, 2.05) is 61.8 Å². The number of aryl methyl sites for hydroxylation is 1. The lowest BCUT2D eigenvalue weighted by Gasteiger charge is -2.10. The Morgan fingerprint density at radius 3 is 2.08 bits per heavy atom. The topological polar surface area (TPSA) is 42.2 Å². The second-order valence-corrected chi connectivity index (χ2v) is 10.9. The minimum absolute atomic E-state index is 0.0168. The van der Waals surface area contributed by atoms with E-state index in [9.17, 15) is 4.79 Å². The molecule has 3 aromatic rings. The number of carbonyl (C=O) groups is 1. The van der Waals surface area contributed by atoms with Gasteiger partial charge in [-0.2, -0.15) is 4.57 Å². The molecule has 4 nitrogen and oxygen atoms in total. The molecule has 0 bridgehead atoms. The summed E-state index contributed by atoms with van der Waals surface area (Å²) in [5, 5.41) is 6.26. The van der Waals surface area contributed by atoms with Gasteiger partial charge in [-0.1, -0.05) is 113 Å². The number of benzene rings is 2. The van der Waals surface area contributed by atoms with Crippen molar-refractivity contribution in [1.29, 1.82) is 0 Å². The van der Waals surface area contributed by atoms with Gasteiger partial charge >= 0.3 is 0 Å². The summed E-state index contributed by atoms with van der Waals surface area (Å²) in [7, 11) is 2.02. The maximum atomic E-state index is 12.7. The number of hydrogen-bond acceptors (Lipinski definition) is 3. The van der Waals surface area contributed by atoms with Crippen molar-refractivity contribution in [2.75, 3.05) is 11.9 Å². The van der Waals surface area contributed by atoms with Crippen LogP contribution in [0.2, 0.25) is 0 Å². The summed E-state index contributed by atoms with van der Waals surface area (Å²) in [5.41, 5.74) is 2.86. The standard InChI is InChI=1S/C32H44N2O2S/c1-3-4-5-6-7-8-9-10-11-12-13-16-24-36-28-21-19-27(20-22-28)26-31(35)33-30-18-15-14-17-29(30)32-34(2)23-25-37-32/h14-15,17-23,25H,3-13,16,24,26H2,1-2H3/p+1. The molecule has 0 aliphatic rings. The Balaban J connectivity index is 1.29. The third kappa shape index (κ3) is 10.7. The van der Waals surface area contributed by atoms with E-state index >= 15 is 0 Å². The van der Waals surface area contributed by atoms with Gasteiger partial charge in [-0.25, -0.2) is 0 Å². The summed E-state index contributed by atoms with van der Waals surface area (Å²) in [6, 6.07) is 15.9. The van der Waals surface area contributed by atoms with Gasteiger partial charge in [0.1, 0.15) is 12.8 Å². The minimum Gasteiger partial charge on any atom is -0.494 e. The number of amides is 1. The Hall–Kier alpha value is -2.66. The summed E-state index contributed by atoms with van der Waals surface area (Å²) in [4.78, 5) is 12.7. The lowest BCUT2D eigenvalue weighted by atomic mass is 10.1. The van der Waals surface area contributed by atoms with E-state index in [-0.39, 0.29) is 5.91 Å². The molecule has 0 spiro atoms. The number of nitrogens with one attached hydrogen (secondary N) is 1. The van der Waals surface area contributed by atoms with E-state index < -0.39 is 0 Å². The molecule has 2 aromatic carbocycles. The van der Waals surface area contributed by atoms with E-state index in [1.165, 1.54) is 70.6 Å². The van der Waals surface area contributed by atoms with Crippen LogP contribution in [0.1, 0.15) is 89.5 Å². The summed E-state index contributed by atoms with van der Waals surface area (Å²) in [6.07, 6.45) is 18.5. The largest absolute Gasteiger partial charge is 0.494 e. The van der Waals surface area contributed by atoms with Crippen molar-refractivity contribution in [1.82, 2.24) is 0 Å². The van der Waals surface area contributed by atoms with Crippen molar-refractivity contribution >= 4 is 22.9 Å². The van der Waals surface area contributed by atoms with Gasteiger partial charge in [-0.15, -0.1) is 0 Å². The van der Waals surface area contributed by atoms with Crippen LogP contribution in [-0.4, -0.2) is 12.5 Å². The maximum absolute atomic E-state index is 12.7. The second-order valence-electron chi connectivity index (χ2n) is 9.97. The highest BCUT2D eigenvalue weighted by Gasteiger charge is 2.16. The fourth-order valence-corrected chi connectivity index (χ4v) is 5.49. The zero-order chi connectivity index (χ0) is 26.1. The Morgan fingerprint density at radius 1 is 0.838 bits per heavy atom. The van der Waals surface area contributed by atoms with Crippen LogP contribution in [0, 0.1) is 0 Å². The molecular weight excluding hydrogens is 476 g/mol. The highest BCUT2D eigenvalue weighted by Crippen LogP contribution is 2.28. The van der Waals surface area contributed by atoms with Gasteiger partial charge in [0, 0.05) is 0 Å². The van der Waals surface area contributed by atoms with Gasteiger partial charge in [0.05, 0.1) is 29.7 Å².